The highest BCUT2D eigenvalue weighted by Gasteiger charge is 2.39. The number of likely N-dealkylation sites (tertiary alicyclic amines) is 1. The van der Waals surface area contributed by atoms with Crippen molar-refractivity contribution in [3.63, 3.8) is 0 Å². The molecule has 3 fully saturated rings. The molecule has 3 saturated heterocycles. The Labute approximate surface area is 272 Å². The topological polar surface area (TPSA) is 123 Å². The van der Waals surface area contributed by atoms with E-state index >= 15 is 0 Å². The minimum absolute atomic E-state index is 0.0483. The number of amides is 4. The Morgan fingerprint density at radius 2 is 1.11 bits per heavy atom. The summed E-state index contributed by atoms with van der Waals surface area (Å²) in [4.78, 5) is 53.1. The van der Waals surface area contributed by atoms with E-state index in [-0.39, 0.29) is 36.3 Å². The van der Waals surface area contributed by atoms with E-state index in [1.807, 2.05) is 0 Å². The number of aliphatic hydroxyl groups is 1. The Kier molecular flexibility index (Phi) is 11.0. The second-order valence-corrected chi connectivity index (χ2v) is 13.4. The van der Waals surface area contributed by atoms with Crippen LogP contribution < -0.4 is 5.32 Å². The predicted molar refractivity (Wildman–Crippen MR) is 175 cm³/mol. The summed E-state index contributed by atoms with van der Waals surface area (Å²) in [7, 11) is 0. The fraction of sp³-hybridized carbons (Fsp3) is 0.556. The van der Waals surface area contributed by atoms with E-state index in [9.17, 15) is 24.3 Å². The smallest absolute Gasteiger partial charge is 0.261 e. The molecule has 2 N–H and O–H groups in total. The van der Waals surface area contributed by atoms with Gasteiger partial charge in [-0.2, -0.15) is 0 Å². The third-order valence-electron chi connectivity index (χ3n) is 9.58. The van der Waals surface area contributed by atoms with E-state index in [1.54, 1.807) is 48.5 Å². The highest BCUT2D eigenvalue weighted by molar-refractivity contribution is 6.22. The van der Waals surface area contributed by atoms with Crippen LogP contribution >= 0.6 is 0 Å². The molecular weight excluding hydrogens is 584 g/mol. The van der Waals surface area contributed by atoms with Crippen molar-refractivity contribution in [2.75, 3.05) is 26.2 Å². The Morgan fingerprint density at radius 3 is 1.50 bits per heavy atom. The number of nitrogens with one attached hydrogen (secondary N) is 1. The van der Waals surface area contributed by atoms with Gasteiger partial charge < -0.3 is 15.2 Å². The molecule has 0 radical (unpaired) electrons. The number of piperidine rings is 2. The van der Waals surface area contributed by atoms with Gasteiger partial charge in [0.2, 0.25) is 0 Å². The van der Waals surface area contributed by atoms with Gasteiger partial charge in [-0.25, -0.2) is 0 Å². The molecule has 5 aliphatic heterocycles. The van der Waals surface area contributed by atoms with Gasteiger partial charge in [-0.3, -0.25) is 33.9 Å². The van der Waals surface area contributed by atoms with E-state index in [1.165, 1.54) is 35.5 Å². The minimum atomic E-state index is -0.722. The maximum absolute atomic E-state index is 12.3. The summed E-state index contributed by atoms with van der Waals surface area (Å²) in [6, 6.07) is 16.1. The van der Waals surface area contributed by atoms with E-state index in [2.05, 4.69) is 37.9 Å². The van der Waals surface area contributed by atoms with Crippen LogP contribution in [0.5, 0.6) is 0 Å². The SMILES string of the molecule is C[C@@H]1CCC[C@H](C)N1.C[C@@H]1CCC[C@H](C)N1C[C@@H](O)CN1C(=O)c2ccccc2C1=O.O=C1c2ccccc2C(=O)N1C[C@@H]1CO1. The number of epoxide rings is 1. The number of carbonyl (C=O) groups is 4. The summed E-state index contributed by atoms with van der Waals surface area (Å²) in [6.45, 7) is 10.4. The van der Waals surface area contributed by atoms with E-state index in [0.29, 0.717) is 54.0 Å². The summed E-state index contributed by atoms with van der Waals surface area (Å²) in [6.07, 6.45) is 6.94. The molecule has 2 aromatic carbocycles. The maximum atomic E-state index is 12.3. The number of benzene rings is 2. The standard InChI is InChI=1S/C18H24N2O3.C11H9NO3.C7H15N/c1-12-6-5-7-13(2)19(12)10-14(21)11-20-17(22)15-8-3-4-9-16(15)18(20)23;13-10-8-3-1-2-4-9(8)11(14)12(10)5-7-6-15-7;1-6-4-3-5-7(2)8-6/h3-4,8-9,12-14,21H,5-7,10-11H2,1-2H3;1-4,7H,5-6H2;6-8H,3-5H2,1-2H3/t12-,13+,14-;7-;6-,7+/m11./s1. The molecule has 0 unspecified atom stereocenters. The lowest BCUT2D eigenvalue weighted by molar-refractivity contribution is 0.0240. The second-order valence-electron chi connectivity index (χ2n) is 13.4. The van der Waals surface area contributed by atoms with E-state index in [4.69, 9.17) is 4.74 Å². The van der Waals surface area contributed by atoms with Gasteiger partial charge in [-0.05, 0) is 77.6 Å². The largest absolute Gasteiger partial charge is 0.390 e. The van der Waals surface area contributed by atoms with Gasteiger partial charge in [0.05, 0.1) is 54.2 Å². The lowest BCUT2D eigenvalue weighted by Crippen LogP contribution is -2.50. The van der Waals surface area contributed by atoms with Crippen molar-refractivity contribution in [2.45, 2.75) is 103 Å². The average molecular weight is 633 g/mol. The average Bonchev–Trinajstić information content (AvgIpc) is 3.80. The molecule has 0 saturated carbocycles. The van der Waals surface area contributed by atoms with Crippen molar-refractivity contribution in [2.24, 2.45) is 0 Å². The Bertz CT molecular complexity index is 1340. The number of fused-ring (bicyclic) bond motifs is 2. The second kappa shape index (κ2) is 15.0. The van der Waals surface area contributed by atoms with E-state index < -0.39 is 6.10 Å². The quantitative estimate of drug-likeness (QED) is 0.360. The summed E-state index contributed by atoms with van der Waals surface area (Å²) >= 11 is 0. The number of hydrogen-bond donors (Lipinski definition) is 2. The lowest BCUT2D eigenvalue weighted by atomic mass is 9.97. The molecule has 5 heterocycles. The molecule has 0 aromatic heterocycles. The normalized spacial score (nSPS) is 27.7. The van der Waals surface area contributed by atoms with Crippen LogP contribution in [-0.2, 0) is 4.74 Å². The third kappa shape index (κ3) is 7.91. The van der Waals surface area contributed by atoms with Crippen LogP contribution in [0, 0.1) is 0 Å². The van der Waals surface area contributed by atoms with Gasteiger partial charge >= 0.3 is 0 Å². The van der Waals surface area contributed by atoms with Crippen molar-refractivity contribution in [3.05, 3.63) is 70.8 Å². The number of rotatable bonds is 6. The molecule has 248 valence electrons. The van der Waals surface area contributed by atoms with Crippen molar-refractivity contribution >= 4 is 23.6 Å². The Morgan fingerprint density at radius 1 is 0.696 bits per heavy atom. The number of imide groups is 2. The van der Waals surface area contributed by atoms with Crippen LogP contribution in [0.4, 0.5) is 0 Å². The molecule has 0 spiro atoms. The van der Waals surface area contributed by atoms with Crippen LogP contribution in [0.1, 0.15) is 108 Å². The number of nitrogens with zero attached hydrogens (tertiary/aromatic N) is 3. The molecule has 5 aliphatic rings. The van der Waals surface area contributed by atoms with Gasteiger partial charge in [0, 0.05) is 30.7 Å². The number of ether oxygens (including phenoxy) is 1. The maximum Gasteiger partial charge on any atom is 0.261 e. The van der Waals surface area contributed by atoms with Crippen LogP contribution in [0.3, 0.4) is 0 Å². The fourth-order valence-electron chi connectivity index (χ4n) is 6.92. The molecule has 10 heteroatoms. The molecule has 2 aromatic rings. The monoisotopic (exact) mass is 632 g/mol. The molecule has 0 bridgehead atoms. The van der Waals surface area contributed by atoms with E-state index in [0.717, 1.165) is 24.9 Å². The number of aliphatic hydroxyl groups excluding tert-OH is 1. The van der Waals surface area contributed by atoms with Gasteiger partial charge in [0.15, 0.2) is 0 Å². The molecule has 0 aliphatic carbocycles. The molecular formula is C36H48N4O6. The summed E-state index contributed by atoms with van der Waals surface area (Å²) in [5.74, 6) is -1.01. The van der Waals surface area contributed by atoms with Crippen molar-refractivity contribution in [1.29, 1.82) is 0 Å². The predicted octanol–water partition coefficient (Wildman–Crippen LogP) is 4.12. The number of hydrogen-bond acceptors (Lipinski definition) is 8. The van der Waals surface area contributed by atoms with Gasteiger partial charge in [-0.1, -0.05) is 37.1 Å². The first-order chi connectivity index (χ1) is 22.0. The molecule has 4 amide bonds. The van der Waals surface area contributed by atoms with Gasteiger partial charge in [0.25, 0.3) is 23.6 Å². The van der Waals surface area contributed by atoms with Crippen molar-refractivity contribution in [1.82, 2.24) is 20.0 Å². The zero-order chi connectivity index (χ0) is 33.0. The first-order valence-electron chi connectivity index (χ1n) is 16.8. The Hall–Kier alpha value is -3.44. The van der Waals surface area contributed by atoms with Crippen molar-refractivity contribution in [3.8, 4) is 0 Å². The first kappa shape index (κ1) is 33.9. The molecule has 6 atom stereocenters. The molecule has 10 nitrogen and oxygen atoms in total. The fourth-order valence-corrected chi connectivity index (χ4v) is 6.92. The summed E-state index contributed by atoms with van der Waals surface area (Å²) in [5, 5.41) is 13.9. The van der Waals surface area contributed by atoms with Crippen LogP contribution in [0.25, 0.3) is 0 Å². The number of β-amino-alcohol motifs (C(OH)–C–C–N with tert-alkyl or cyclic N) is 1. The lowest BCUT2D eigenvalue weighted by Gasteiger charge is -2.40. The van der Waals surface area contributed by atoms with Gasteiger partial charge in [-0.15, -0.1) is 0 Å². The first-order valence-corrected chi connectivity index (χ1v) is 16.8. The highest BCUT2D eigenvalue weighted by atomic mass is 16.6. The highest BCUT2D eigenvalue weighted by Crippen LogP contribution is 2.26. The number of carbonyl (C=O) groups excluding carboxylic acids is 4. The summed E-state index contributed by atoms with van der Waals surface area (Å²) < 4.78 is 5.02. The zero-order valence-corrected chi connectivity index (χ0v) is 27.5. The van der Waals surface area contributed by atoms with Crippen LogP contribution in [0.15, 0.2) is 48.5 Å². The third-order valence-corrected chi connectivity index (χ3v) is 9.58. The Balaban J connectivity index is 0.000000154. The molecule has 46 heavy (non-hydrogen) atoms. The van der Waals surface area contributed by atoms with Crippen LogP contribution in [-0.4, -0.2) is 106 Å². The van der Waals surface area contributed by atoms with Gasteiger partial charge in [0.1, 0.15) is 0 Å². The minimum Gasteiger partial charge on any atom is -0.390 e. The molecule has 7 rings (SSSR count). The summed E-state index contributed by atoms with van der Waals surface area (Å²) in [5.41, 5.74) is 1.88. The van der Waals surface area contributed by atoms with Crippen LogP contribution in [0.2, 0.25) is 0 Å². The van der Waals surface area contributed by atoms with Crippen molar-refractivity contribution < 1.29 is 29.0 Å². The zero-order valence-electron chi connectivity index (χ0n) is 27.5.